The first kappa shape index (κ1) is 12.7. The van der Waals surface area contributed by atoms with Gasteiger partial charge in [-0.05, 0) is 31.4 Å². The number of rotatable bonds is 4. The molecule has 0 saturated carbocycles. The van der Waals surface area contributed by atoms with Crippen LogP contribution in [-0.2, 0) is 10.6 Å². The van der Waals surface area contributed by atoms with Crippen molar-refractivity contribution >= 4 is 17.3 Å². The summed E-state index contributed by atoms with van der Waals surface area (Å²) in [5, 5.41) is 0. The van der Waals surface area contributed by atoms with Crippen LogP contribution < -0.4 is 4.90 Å². The molecule has 1 aromatic rings. The number of halogens is 1. The maximum Gasteiger partial charge on any atom is 0.0608 e. The highest BCUT2D eigenvalue weighted by atomic mass is 35.5. The molecule has 0 bridgehead atoms. The maximum atomic E-state index is 5.98. The van der Waals surface area contributed by atoms with Gasteiger partial charge in [0.2, 0.25) is 0 Å². The number of alkyl halides is 1. The molecule has 0 amide bonds. The van der Waals surface area contributed by atoms with E-state index in [2.05, 4.69) is 30.0 Å². The van der Waals surface area contributed by atoms with Crippen molar-refractivity contribution in [2.45, 2.75) is 31.7 Å². The van der Waals surface area contributed by atoms with E-state index in [1.54, 1.807) is 0 Å². The van der Waals surface area contributed by atoms with Gasteiger partial charge in [-0.1, -0.05) is 18.2 Å². The molecule has 0 radical (unpaired) electrons. The standard InChI is InChI=1S/C14H20ClNO/c1-2-17-13-7-9-16(10-8-13)14-6-4-3-5-12(14)11-15/h3-6,13H,2,7-11H2,1H3. The van der Waals surface area contributed by atoms with Gasteiger partial charge >= 0.3 is 0 Å². The lowest BCUT2D eigenvalue weighted by molar-refractivity contribution is 0.0459. The van der Waals surface area contributed by atoms with E-state index in [-0.39, 0.29) is 0 Å². The fraction of sp³-hybridized carbons (Fsp3) is 0.571. The van der Waals surface area contributed by atoms with Gasteiger partial charge in [-0.2, -0.15) is 0 Å². The average molecular weight is 254 g/mol. The molecule has 1 aliphatic heterocycles. The van der Waals surface area contributed by atoms with Crippen molar-refractivity contribution in [1.29, 1.82) is 0 Å². The van der Waals surface area contributed by atoms with Crippen molar-refractivity contribution in [2.75, 3.05) is 24.6 Å². The van der Waals surface area contributed by atoms with Crippen LogP contribution in [0.1, 0.15) is 25.3 Å². The lowest BCUT2D eigenvalue weighted by Crippen LogP contribution is -2.37. The summed E-state index contributed by atoms with van der Waals surface area (Å²) in [7, 11) is 0. The average Bonchev–Trinajstić information content (AvgIpc) is 2.40. The van der Waals surface area contributed by atoms with Crippen LogP contribution in [0.15, 0.2) is 24.3 Å². The number of hydrogen-bond donors (Lipinski definition) is 0. The first-order valence-electron chi connectivity index (χ1n) is 6.35. The summed E-state index contributed by atoms with van der Waals surface area (Å²) >= 11 is 5.98. The summed E-state index contributed by atoms with van der Waals surface area (Å²) in [5.74, 6) is 0.585. The molecule has 0 aromatic heterocycles. The third-order valence-electron chi connectivity index (χ3n) is 3.32. The number of nitrogens with zero attached hydrogens (tertiary/aromatic N) is 1. The summed E-state index contributed by atoms with van der Waals surface area (Å²) in [6.45, 7) is 5.02. The highest BCUT2D eigenvalue weighted by Gasteiger charge is 2.20. The Kier molecular flexibility index (Phi) is 4.69. The smallest absolute Gasteiger partial charge is 0.0608 e. The number of anilines is 1. The second-order valence-corrected chi connectivity index (χ2v) is 4.67. The van der Waals surface area contributed by atoms with Gasteiger partial charge in [0.25, 0.3) is 0 Å². The van der Waals surface area contributed by atoms with Crippen molar-refractivity contribution < 1.29 is 4.74 Å². The summed E-state index contributed by atoms with van der Waals surface area (Å²) in [6, 6.07) is 8.41. The second-order valence-electron chi connectivity index (χ2n) is 4.40. The highest BCUT2D eigenvalue weighted by molar-refractivity contribution is 6.17. The molecule has 1 heterocycles. The lowest BCUT2D eigenvalue weighted by atomic mass is 10.1. The molecule has 17 heavy (non-hydrogen) atoms. The van der Waals surface area contributed by atoms with Crippen molar-refractivity contribution in [2.24, 2.45) is 0 Å². The Labute approximate surface area is 109 Å². The van der Waals surface area contributed by atoms with Gasteiger partial charge < -0.3 is 9.64 Å². The topological polar surface area (TPSA) is 12.5 Å². The molecule has 1 saturated heterocycles. The Morgan fingerprint density at radius 2 is 2.00 bits per heavy atom. The summed E-state index contributed by atoms with van der Waals surface area (Å²) in [6.07, 6.45) is 2.67. The minimum atomic E-state index is 0.444. The SMILES string of the molecule is CCOC1CCN(c2ccccc2CCl)CC1. The molecule has 0 N–H and O–H groups in total. The first-order chi connectivity index (χ1) is 8.35. The molecule has 94 valence electrons. The number of hydrogen-bond acceptors (Lipinski definition) is 2. The van der Waals surface area contributed by atoms with Gasteiger partial charge in [0, 0.05) is 31.3 Å². The summed E-state index contributed by atoms with van der Waals surface area (Å²) < 4.78 is 5.67. The molecule has 1 aromatic carbocycles. The van der Waals surface area contributed by atoms with E-state index in [1.807, 2.05) is 6.07 Å². The van der Waals surface area contributed by atoms with Crippen LogP contribution in [0.2, 0.25) is 0 Å². The molecule has 3 heteroatoms. The van der Waals surface area contributed by atoms with Gasteiger partial charge in [-0.25, -0.2) is 0 Å². The van der Waals surface area contributed by atoms with Gasteiger partial charge in [-0.3, -0.25) is 0 Å². The van der Waals surface area contributed by atoms with Crippen molar-refractivity contribution in [3.63, 3.8) is 0 Å². The molecule has 0 atom stereocenters. The second kappa shape index (κ2) is 6.27. The minimum absolute atomic E-state index is 0.444. The normalized spacial score (nSPS) is 17.4. The van der Waals surface area contributed by atoms with Crippen molar-refractivity contribution in [3.8, 4) is 0 Å². The number of para-hydroxylation sites is 1. The largest absolute Gasteiger partial charge is 0.378 e. The Morgan fingerprint density at radius 1 is 1.29 bits per heavy atom. The minimum Gasteiger partial charge on any atom is -0.378 e. The molecule has 1 fully saturated rings. The van der Waals surface area contributed by atoms with E-state index in [9.17, 15) is 0 Å². The molecule has 1 aliphatic rings. The highest BCUT2D eigenvalue weighted by Crippen LogP contribution is 2.26. The number of benzene rings is 1. The van der Waals surface area contributed by atoms with Crippen LogP contribution in [0.5, 0.6) is 0 Å². The Morgan fingerprint density at radius 3 is 2.65 bits per heavy atom. The van der Waals surface area contributed by atoms with Crippen LogP contribution in [0.4, 0.5) is 5.69 Å². The Balaban J connectivity index is 2.00. The van der Waals surface area contributed by atoms with E-state index >= 15 is 0 Å². The van der Waals surface area contributed by atoms with Crippen LogP contribution in [0, 0.1) is 0 Å². The molecular formula is C14H20ClNO. The van der Waals surface area contributed by atoms with E-state index in [0.29, 0.717) is 12.0 Å². The van der Waals surface area contributed by atoms with Crippen LogP contribution >= 0.6 is 11.6 Å². The molecule has 0 aliphatic carbocycles. The number of ether oxygens (including phenoxy) is 1. The quantitative estimate of drug-likeness (QED) is 0.763. The third kappa shape index (κ3) is 3.14. The molecule has 0 unspecified atom stereocenters. The van der Waals surface area contributed by atoms with Crippen LogP contribution in [-0.4, -0.2) is 25.8 Å². The zero-order valence-corrected chi connectivity index (χ0v) is 11.1. The van der Waals surface area contributed by atoms with E-state index < -0.39 is 0 Å². The predicted octanol–water partition coefficient (Wildman–Crippen LogP) is 3.43. The van der Waals surface area contributed by atoms with Crippen molar-refractivity contribution in [1.82, 2.24) is 0 Å². The third-order valence-corrected chi connectivity index (χ3v) is 3.61. The Hall–Kier alpha value is -0.730. The van der Waals surface area contributed by atoms with Gasteiger partial charge in [0.05, 0.1) is 6.10 Å². The monoisotopic (exact) mass is 253 g/mol. The Bertz CT molecular complexity index is 348. The molecule has 0 spiro atoms. The molecular weight excluding hydrogens is 234 g/mol. The molecule has 2 rings (SSSR count). The predicted molar refractivity (Wildman–Crippen MR) is 72.9 cm³/mol. The van der Waals surface area contributed by atoms with Crippen LogP contribution in [0.25, 0.3) is 0 Å². The van der Waals surface area contributed by atoms with Gasteiger partial charge in [0.1, 0.15) is 0 Å². The van der Waals surface area contributed by atoms with E-state index in [0.717, 1.165) is 32.5 Å². The van der Waals surface area contributed by atoms with Gasteiger partial charge in [-0.15, -0.1) is 11.6 Å². The van der Waals surface area contributed by atoms with Crippen molar-refractivity contribution in [3.05, 3.63) is 29.8 Å². The molecule has 2 nitrogen and oxygen atoms in total. The summed E-state index contributed by atoms with van der Waals surface area (Å²) in [5.41, 5.74) is 2.52. The fourth-order valence-electron chi connectivity index (χ4n) is 2.43. The lowest BCUT2D eigenvalue weighted by Gasteiger charge is -2.34. The maximum absolute atomic E-state index is 5.98. The van der Waals surface area contributed by atoms with Crippen LogP contribution in [0.3, 0.4) is 0 Å². The zero-order chi connectivity index (χ0) is 12.1. The first-order valence-corrected chi connectivity index (χ1v) is 6.89. The van der Waals surface area contributed by atoms with E-state index in [4.69, 9.17) is 16.3 Å². The fourth-order valence-corrected chi connectivity index (χ4v) is 2.66. The number of piperidine rings is 1. The van der Waals surface area contributed by atoms with Gasteiger partial charge in [0.15, 0.2) is 0 Å². The van der Waals surface area contributed by atoms with E-state index in [1.165, 1.54) is 11.3 Å². The zero-order valence-electron chi connectivity index (χ0n) is 10.4. The summed E-state index contributed by atoms with van der Waals surface area (Å²) in [4.78, 5) is 2.42.